The SMILES string of the molecule is CCCCCCCC(=[O+])ONCc1cccc2ccccc12. The molecule has 0 bridgehead atoms. The molecule has 0 unspecified atom stereocenters. The highest BCUT2D eigenvalue weighted by atomic mass is 16.7. The first-order chi connectivity index (χ1) is 10.8. The number of hydrogen-bond acceptors (Lipinski definition) is 3. The van der Waals surface area contributed by atoms with Gasteiger partial charge in [-0.1, -0.05) is 75.1 Å². The van der Waals surface area contributed by atoms with Crippen molar-refractivity contribution in [2.24, 2.45) is 0 Å². The fourth-order valence-electron chi connectivity index (χ4n) is 2.56. The second-order valence-electron chi connectivity index (χ2n) is 5.60. The summed E-state index contributed by atoms with van der Waals surface area (Å²) in [6.45, 7) is 2.72. The number of benzene rings is 2. The van der Waals surface area contributed by atoms with E-state index in [0.717, 1.165) is 18.4 Å². The highest BCUT2D eigenvalue weighted by Crippen LogP contribution is 2.18. The predicted molar refractivity (Wildman–Crippen MR) is 90.3 cm³/mol. The predicted octanol–water partition coefficient (Wildman–Crippen LogP) is 4.75. The molecule has 0 aliphatic heterocycles. The van der Waals surface area contributed by atoms with Crippen LogP contribution in [0.15, 0.2) is 42.5 Å². The van der Waals surface area contributed by atoms with Crippen molar-refractivity contribution in [3.8, 4) is 0 Å². The van der Waals surface area contributed by atoms with Gasteiger partial charge in [-0.15, -0.1) is 0 Å². The minimum absolute atomic E-state index is 0.170. The lowest BCUT2D eigenvalue weighted by atomic mass is 10.1. The van der Waals surface area contributed by atoms with Crippen molar-refractivity contribution in [3.63, 3.8) is 0 Å². The second-order valence-corrected chi connectivity index (χ2v) is 5.60. The third-order valence-corrected chi connectivity index (χ3v) is 3.81. The quantitative estimate of drug-likeness (QED) is 0.413. The average Bonchev–Trinajstić information content (AvgIpc) is 2.55. The normalized spacial score (nSPS) is 10.8. The molecule has 1 radical (unpaired) electrons. The molecule has 0 saturated heterocycles. The molecule has 3 heteroatoms. The van der Waals surface area contributed by atoms with Gasteiger partial charge in [0, 0.05) is 0 Å². The standard InChI is InChI=1S/C19H25NO2/c1-2-3-4-5-6-14-19(21)22-20-15-17-12-9-11-16-10-7-8-13-18(16)17/h7-13,20H,2-6,14-15H2,1H3/q+1. The van der Waals surface area contributed by atoms with Crippen molar-refractivity contribution in [2.75, 3.05) is 0 Å². The Hall–Kier alpha value is -1.87. The van der Waals surface area contributed by atoms with Crippen molar-refractivity contribution in [2.45, 2.75) is 52.0 Å². The van der Waals surface area contributed by atoms with Gasteiger partial charge in [-0.25, -0.2) is 0 Å². The Balaban J connectivity index is 1.72. The Kier molecular flexibility index (Phi) is 6.91. The maximum atomic E-state index is 11.6. The van der Waals surface area contributed by atoms with E-state index in [0.29, 0.717) is 13.0 Å². The summed E-state index contributed by atoms with van der Waals surface area (Å²) in [4.78, 5) is 16.8. The average molecular weight is 299 g/mol. The molecule has 2 aromatic rings. The van der Waals surface area contributed by atoms with Gasteiger partial charge in [-0.3, -0.25) is 0 Å². The summed E-state index contributed by atoms with van der Waals surface area (Å²) in [7, 11) is 0. The summed E-state index contributed by atoms with van der Waals surface area (Å²) in [6, 6.07) is 14.4. The van der Waals surface area contributed by atoms with Crippen LogP contribution >= 0.6 is 0 Å². The van der Waals surface area contributed by atoms with Crippen LogP contribution in [0.5, 0.6) is 0 Å². The zero-order chi connectivity index (χ0) is 15.6. The smallest absolute Gasteiger partial charge is 0.199 e. The lowest BCUT2D eigenvalue weighted by molar-refractivity contribution is -0.151. The number of rotatable bonds is 9. The highest BCUT2D eigenvalue weighted by molar-refractivity contribution is 5.85. The lowest BCUT2D eigenvalue weighted by Gasteiger charge is -2.04. The Labute approximate surface area is 132 Å². The molecule has 0 saturated carbocycles. The molecule has 0 atom stereocenters. The number of carbonyl (C=O) groups excluding carboxylic acids is 1. The Bertz CT molecular complexity index is 590. The van der Waals surface area contributed by atoms with Crippen LogP contribution in [0.25, 0.3) is 10.8 Å². The van der Waals surface area contributed by atoms with E-state index < -0.39 is 0 Å². The van der Waals surface area contributed by atoms with Crippen LogP contribution in [0.1, 0.15) is 51.0 Å². The number of unbranched alkanes of at least 4 members (excludes halogenated alkanes) is 4. The molecule has 0 aliphatic rings. The summed E-state index contributed by atoms with van der Waals surface area (Å²) >= 11 is 0. The molecule has 117 valence electrons. The molecular weight excluding hydrogens is 274 g/mol. The van der Waals surface area contributed by atoms with E-state index in [1.54, 1.807) is 0 Å². The monoisotopic (exact) mass is 299 g/mol. The van der Waals surface area contributed by atoms with Crippen molar-refractivity contribution in [1.82, 2.24) is 5.48 Å². The Morgan fingerprint density at radius 3 is 2.64 bits per heavy atom. The van der Waals surface area contributed by atoms with Crippen LogP contribution in [0.2, 0.25) is 0 Å². The number of carbonyl (C=O) groups is 1. The molecule has 0 fully saturated rings. The molecule has 1 N–H and O–H groups in total. The van der Waals surface area contributed by atoms with E-state index in [1.165, 1.54) is 30.0 Å². The maximum Gasteiger partial charge on any atom is 0.597 e. The number of nitrogens with one attached hydrogen (secondary N) is 1. The van der Waals surface area contributed by atoms with E-state index in [-0.39, 0.29) is 5.97 Å². The van der Waals surface area contributed by atoms with Gasteiger partial charge in [-0.05, 0) is 28.2 Å². The van der Waals surface area contributed by atoms with Crippen LogP contribution in [-0.2, 0) is 16.2 Å². The molecule has 0 amide bonds. The minimum atomic E-state index is -0.170. The summed E-state index contributed by atoms with van der Waals surface area (Å²) in [5.74, 6) is -0.170. The first-order valence-electron chi connectivity index (χ1n) is 8.20. The Morgan fingerprint density at radius 1 is 1.00 bits per heavy atom. The van der Waals surface area contributed by atoms with Crippen molar-refractivity contribution >= 4 is 16.7 Å². The summed E-state index contributed by atoms with van der Waals surface area (Å²) in [6.07, 6.45) is 6.17. The summed E-state index contributed by atoms with van der Waals surface area (Å²) in [5.41, 5.74) is 3.93. The molecule has 3 nitrogen and oxygen atoms in total. The lowest BCUT2D eigenvalue weighted by Crippen LogP contribution is -2.19. The van der Waals surface area contributed by atoms with Gasteiger partial charge in [0.15, 0.2) is 0 Å². The first-order valence-corrected chi connectivity index (χ1v) is 8.20. The Morgan fingerprint density at radius 2 is 1.77 bits per heavy atom. The zero-order valence-electron chi connectivity index (χ0n) is 13.3. The molecule has 0 aromatic heterocycles. The third kappa shape index (κ3) is 5.15. The number of hydrogen-bond donors (Lipinski definition) is 1. The van der Waals surface area contributed by atoms with Crippen LogP contribution in [0.4, 0.5) is 0 Å². The molecule has 2 rings (SSSR count). The van der Waals surface area contributed by atoms with Gasteiger partial charge in [0.1, 0.15) is 6.42 Å². The summed E-state index contributed by atoms with van der Waals surface area (Å²) in [5, 5.41) is 2.39. The van der Waals surface area contributed by atoms with Gasteiger partial charge in [-0.2, -0.15) is 4.84 Å². The van der Waals surface area contributed by atoms with Crippen molar-refractivity contribution in [3.05, 3.63) is 48.0 Å². The molecule has 22 heavy (non-hydrogen) atoms. The number of fused-ring (bicyclic) bond motifs is 1. The van der Waals surface area contributed by atoms with Gasteiger partial charge < -0.3 is 0 Å². The zero-order valence-corrected chi connectivity index (χ0v) is 13.3. The second kappa shape index (κ2) is 9.21. The molecule has 2 aromatic carbocycles. The molecular formula is C19H25NO2+. The highest BCUT2D eigenvalue weighted by Gasteiger charge is 2.16. The topological polar surface area (TPSA) is 41.2 Å². The van der Waals surface area contributed by atoms with Crippen LogP contribution in [0.3, 0.4) is 0 Å². The molecule has 0 aliphatic carbocycles. The third-order valence-electron chi connectivity index (χ3n) is 3.81. The molecule has 0 heterocycles. The van der Waals surface area contributed by atoms with E-state index in [4.69, 9.17) is 4.84 Å². The van der Waals surface area contributed by atoms with Gasteiger partial charge in [0.05, 0.1) is 11.3 Å². The van der Waals surface area contributed by atoms with Crippen LogP contribution in [-0.4, -0.2) is 5.97 Å². The fraction of sp³-hybridized carbons (Fsp3) is 0.421. The van der Waals surface area contributed by atoms with E-state index >= 15 is 0 Å². The maximum absolute atomic E-state index is 11.6. The number of hydroxylamine groups is 1. The summed E-state index contributed by atoms with van der Waals surface area (Å²) < 4.78 is 0. The van der Waals surface area contributed by atoms with E-state index in [9.17, 15) is 4.79 Å². The van der Waals surface area contributed by atoms with E-state index in [1.807, 2.05) is 24.3 Å². The van der Waals surface area contributed by atoms with Gasteiger partial charge >= 0.3 is 5.97 Å². The van der Waals surface area contributed by atoms with Gasteiger partial charge in [0.2, 0.25) is 0 Å². The van der Waals surface area contributed by atoms with Gasteiger partial charge in [0.25, 0.3) is 0 Å². The van der Waals surface area contributed by atoms with Crippen molar-refractivity contribution < 1.29 is 9.63 Å². The van der Waals surface area contributed by atoms with Crippen LogP contribution in [0, 0.1) is 0 Å². The largest absolute Gasteiger partial charge is 0.597 e. The van der Waals surface area contributed by atoms with E-state index in [2.05, 4.69) is 30.6 Å². The molecule has 0 spiro atoms. The minimum Gasteiger partial charge on any atom is -0.199 e. The first kappa shape index (κ1) is 16.5. The van der Waals surface area contributed by atoms with Crippen LogP contribution < -0.4 is 5.48 Å². The fourth-order valence-corrected chi connectivity index (χ4v) is 2.56. The van der Waals surface area contributed by atoms with Crippen molar-refractivity contribution in [1.29, 1.82) is 0 Å².